The zero-order valence-electron chi connectivity index (χ0n) is 22.3. The molecule has 0 radical (unpaired) electrons. The van der Waals surface area contributed by atoms with Crippen LogP contribution in [0.3, 0.4) is 0 Å². The standard InChI is InChI=1S/C30H50N2O/c1-18-13-27-28(31-17-18)20(3)30(33-27)12-10-23-24-8-7-21-14-22(32(5)6)9-11-29(21,4)26(24)15-25(23)19(2)16-30/h18,20-24,26-28,31H,7-17H2,1-6H3/t18-,20+,21+,22?,23-,24-,26-,27+,28-,29-,30-/m0/s1. The van der Waals surface area contributed by atoms with E-state index in [4.69, 9.17) is 4.74 Å². The molecule has 2 heterocycles. The third-order valence-corrected chi connectivity index (χ3v) is 12.3. The summed E-state index contributed by atoms with van der Waals surface area (Å²) in [6.45, 7) is 11.3. The Balaban J connectivity index is 1.25. The first kappa shape index (κ1) is 23.0. The minimum atomic E-state index is 0.0915. The quantitative estimate of drug-likeness (QED) is 0.489. The van der Waals surface area contributed by atoms with Crippen LogP contribution in [0.15, 0.2) is 11.1 Å². The Morgan fingerprint density at radius 3 is 2.64 bits per heavy atom. The molecule has 3 nitrogen and oxygen atoms in total. The molecule has 0 bridgehead atoms. The fraction of sp³-hybridized carbons (Fsp3) is 0.933. The van der Waals surface area contributed by atoms with Gasteiger partial charge in [0.2, 0.25) is 0 Å². The van der Waals surface area contributed by atoms with Gasteiger partial charge in [-0.15, -0.1) is 0 Å². The zero-order chi connectivity index (χ0) is 23.1. The molecule has 0 aromatic rings. The van der Waals surface area contributed by atoms with E-state index in [1.54, 1.807) is 5.57 Å². The molecule has 1 unspecified atom stereocenters. The van der Waals surface area contributed by atoms with Crippen LogP contribution >= 0.6 is 0 Å². The largest absolute Gasteiger partial charge is 0.369 e. The van der Waals surface area contributed by atoms with Crippen LogP contribution in [-0.2, 0) is 4.74 Å². The van der Waals surface area contributed by atoms with Crippen molar-refractivity contribution >= 4 is 0 Å². The molecule has 1 spiro atoms. The topological polar surface area (TPSA) is 24.5 Å². The Labute approximate surface area is 203 Å². The van der Waals surface area contributed by atoms with Gasteiger partial charge in [0.05, 0.1) is 11.7 Å². The van der Waals surface area contributed by atoms with Crippen molar-refractivity contribution in [3.8, 4) is 0 Å². The molecule has 6 aliphatic rings. The Morgan fingerprint density at radius 1 is 1.03 bits per heavy atom. The Bertz CT molecular complexity index is 805. The van der Waals surface area contributed by atoms with Crippen LogP contribution in [0.4, 0.5) is 0 Å². The van der Waals surface area contributed by atoms with Gasteiger partial charge in [0, 0.05) is 18.0 Å². The summed E-state index contributed by atoms with van der Waals surface area (Å²) in [5.74, 6) is 5.06. The van der Waals surface area contributed by atoms with E-state index >= 15 is 0 Å². The minimum Gasteiger partial charge on any atom is -0.369 e. The van der Waals surface area contributed by atoms with Gasteiger partial charge < -0.3 is 15.0 Å². The van der Waals surface area contributed by atoms with Gasteiger partial charge in [-0.2, -0.15) is 0 Å². The summed E-state index contributed by atoms with van der Waals surface area (Å²) in [7, 11) is 4.60. The molecule has 1 N–H and O–H groups in total. The van der Waals surface area contributed by atoms with Gasteiger partial charge in [-0.25, -0.2) is 0 Å². The molecule has 0 amide bonds. The predicted octanol–water partition coefficient (Wildman–Crippen LogP) is 6.04. The van der Waals surface area contributed by atoms with Crippen LogP contribution in [0, 0.1) is 40.9 Å². The highest BCUT2D eigenvalue weighted by Gasteiger charge is 2.59. The van der Waals surface area contributed by atoms with Crippen molar-refractivity contribution in [2.75, 3.05) is 20.6 Å². The maximum Gasteiger partial charge on any atom is 0.0765 e. The van der Waals surface area contributed by atoms with Crippen LogP contribution < -0.4 is 5.32 Å². The van der Waals surface area contributed by atoms with Gasteiger partial charge in [0.25, 0.3) is 0 Å². The molecule has 186 valence electrons. The van der Waals surface area contributed by atoms with Gasteiger partial charge >= 0.3 is 0 Å². The number of nitrogens with zero attached hydrogens (tertiary/aromatic N) is 1. The first-order valence-corrected chi connectivity index (χ1v) is 14.5. The van der Waals surface area contributed by atoms with E-state index in [-0.39, 0.29) is 5.60 Å². The van der Waals surface area contributed by atoms with Gasteiger partial charge in [-0.05, 0) is 127 Å². The normalized spacial score (nSPS) is 54.1. The first-order chi connectivity index (χ1) is 15.7. The third-order valence-electron chi connectivity index (χ3n) is 12.3. The highest BCUT2D eigenvalue weighted by atomic mass is 16.5. The molecule has 3 saturated carbocycles. The number of piperidine rings is 1. The summed E-state index contributed by atoms with van der Waals surface area (Å²) in [5.41, 5.74) is 4.30. The van der Waals surface area contributed by atoms with Gasteiger partial charge in [0.1, 0.15) is 0 Å². The predicted molar refractivity (Wildman–Crippen MR) is 136 cm³/mol. The fourth-order valence-corrected chi connectivity index (χ4v) is 10.3. The molecule has 11 atom stereocenters. The van der Waals surface area contributed by atoms with Crippen LogP contribution in [0.5, 0.6) is 0 Å². The summed E-state index contributed by atoms with van der Waals surface area (Å²) in [5, 5.41) is 3.89. The van der Waals surface area contributed by atoms with E-state index in [2.05, 4.69) is 52.0 Å². The number of allylic oxidation sites excluding steroid dienone is 1. The van der Waals surface area contributed by atoms with E-state index in [1.165, 1.54) is 70.8 Å². The molecular weight excluding hydrogens is 404 g/mol. The van der Waals surface area contributed by atoms with Crippen molar-refractivity contribution in [1.29, 1.82) is 0 Å². The van der Waals surface area contributed by atoms with Gasteiger partial charge in [-0.1, -0.05) is 31.9 Å². The molecule has 3 heteroatoms. The van der Waals surface area contributed by atoms with Crippen molar-refractivity contribution in [1.82, 2.24) is 10.2 Å². The lowest BCUT2D eigenvalue weighted by molar-refractivity contribution is -0.0758. The molecule has 0 aromatic carbocycles. The average Bonchev–Trinajstić information content (AvgIpc) is 3.23. The van der Waals surface area contributed by atoms with Crippen molar-refractivity contribution in [2.24, 2.45) is 40.9 Å². The SMILES string of the molecule is CC1=C2C[C@H]3[C@@H](CC[C@@H]4CC(N(C)C)CC[C@@]43C)[C@@H]2CC[C@@]2(C1)O[C@@H]1C[C@H](C)CN[C@H]1[C@H]2C. The Hall–Kier alpha value is -0.380. The van der Waals surface area contributed by atoms with Crippen molar-refractivity contribution < 1.29 is 4.74 Å². The number of ether oxygens (including phenoxy) is 1. The number of rotatable bonds is 1. The van der Waals surface area contributed by atoms with Crippen LogP contribution in [0.1, 0.15) is 91.9 Å². The Morgan fingerprint density at radius 2 is 1.85 bits per heavy atom. The molecule has 5 fully saturated rings. The molecule has 0 aromatic heterocycles. The second-order valence-electron chi connectivity index (χ2n) is 14.1. The third kappa shape index (κ3) is 3.45. The summed E-state index contributed by atoms with van der Waals surface area (Å²) in [6.07, 6.45) is 14.2. The van der Waals surface area contributed by atoms with E-state index in [0.29, 0.717) is 23.5 Å². The van der Waals surface area contributed by atoms with Crippen LogP contribution in [0.2, 0.25) is 0 Å². The van der Waals surface area contributed by atoms with Crippen molar-refractivity contribution in [3.05, 3.63) is 11.1 Å². The number of hydrogen-bond acceptors (Lipinski definition) is 3. The molecule has 33 heavy (non-hydrogen) atoms. The lowest BCUT2D eigenvalue weighted by Gasteiger charge is -2.55. The number of fused-ring (bicyclic) bond motifs is 6. The van der Waals surface area contributed by atoms with Crippen LogP contribution in [0.25, 0.3) is 0 Å². The average molecular weight is 455 g/mol. The molecule has 6 rings (SSSR count). The molecule has 2 aliphatic heterocycles. The van der Waals surface area contributed by atoms with E-state index in [0.717, 1.165) is 35.6 Å². The smallest absolute Gasteiger partial charge is 0.0765 e. The highest BCUT2D eigenvalue weighted by Crippen LogP contribution is 2.65. The van der Waals surface area contributed by atoms with E-state index in [1.807, 2.05) is 5.57 Å². The fourth-order valence-electron chi connectivity index (χ4n) is 10.3. The summed E-state index contributed by atoms with van der Waals surface area (Å²) < 4.78 is 7.07. The van der Waals surface area contributed by atoms with Gasteiger partial charge in [-0.3, -0.25) is 0 Å². The molecular formula is C30H50N2O. The minimum absolute atomic E-state index is 0.0915. The maximum atomic E-state index is 7.07. The molecule has 2 saturated heterocycles. The first-order valence-electron chi connectivity index (χ1n) is 14.5. The van der Waals surface area contributed by atoms with E-state index in [9.17, 15) is 0 Å². The summed E-state index contributed by atoms with van der Waals surface area (Å²) >= 11 is 0. The number of nitrogens with one attached hydrogen (secondary N) is 1. The van der Waals surface area contributed by atoms with Gasteiger partial charge in [0.15, 0.2) is 0 Å². The van der Waals surface area contributed by atoms with Crippen molar-refractivity contribution in [3.63, 3.8) is 0 Å². The Kier molecular flexibility index (Phi) is 5.63. The second-order valence-corrected chi connectivity index (χ2v) is 14.1. The molecule has 4 aliphatic carbocycles. The summed E-state index contributed by atoms with van der Waals surface area (Å²) in [6, 6.07) is 1.39. The summed E-state index contributed by atoms with van der Waals surface area (Å²) in [4.78, 5) is 2.51. The number of hydrogen-bond donors (Lipinski definition) is 1. The maximum absolute atomic E-state index is 7.07. The van der Waals surface area contributed by atoms with Crippen molar-refractivity contribution in [2.45, 2.75) is 116 Å². The zero-order valence-corrected chi connectivity index (χ0v) is 22.3. The van der Waals surface area contributed by atoms with E-state index < -0.39 is 0 Å². The van der Waals surface area contributed by atoms with Crippen LogP contribution in [-0.4, -0.2) is 49.3 Å². The monoisotopic (exact) mass is 454 g/mol. The highest BCUT2D eigenvalue weighted by molar-refractivity contribution is 5.29. The lowest BCUT2D eigenvalue weighted by atomic mass is 9.52. The lowest BCUT2D eigenvalue weighted by Crippen LogP contribution is -2.49. The second kappa shape index (κ2) is 8.07.